The number of hydrogen-bond acceptors (Lipinski definition) is 3. The molecule has 1 fully saturated rings. The molecule has 2 atom stereocenters. The highest BCUT2D eigenvalue weighted by Crippen LogP contribution is 2.19. The van der Waals surface area contributed by atoms with Gasteiger partial charge >= 0.3 is 0 Å². The van der Waals surface area contributed by atoms with Crippen LogP contribution in [0.2, 0.25) is 0 Å². The molecule has 5 heteroatoms. The van der Waals surface area contributed by atoms with Gasteiger partial charge in [0, 0.05) is 31.2 Å². The van der Waals surface area contributed by atoms with Gasteiger partial charge in [0.05, 0.1) is 12.7 Å². The Hall–Kier alpha value is -1.04. The highest BCUT2D eigenvalue weighted by Gasteiger charge is 2.22. The van der Waals surface area contributed by atoms with Gasteiger partial charge in [-0.05, 0) is 24.6 Å². The number of rotatable bonds is 4. The molecule has 2 N–H and O–H groups in total. The summed E-state index contributed by atoms with van der Waals surface area (Å²) >= 11 is 0. The van der Waals surface area contributed by atoms with Gasteiger partial charge in [-0.3, -0.25) is 4.90 Å². The smallest absolute Gasteiger partial charge is 0.128 e. The molecule has 1 aliphatic rings. The van der Waals surface area contributed by atoms with Gasteiger partial charge in [-0.25, -0.2) is 8.78 Å². The van der Waals surface area contributed by atoms with E-state index in [0.29, 0.717) is 13.2 Å². The van der Waals surface area contributed by atoms with Crippen molar-refractivity contribution in [2.75, 3.05) is 26.2 Å². The van der Waals surface area contributed by atoms with Gasteiger partial charge in [-0.1, -0.05) is 6.92 Å². The van der Waals surface area contributed by atoms with Crippen LogP contribution in [0, 0.1) is 11.6 Å². The van der Waals surface area contributed by atoms with Crippen LogP contribution >= 0.6 is 0 Å². The molecular weight excluding hydrogens is 250 g/mol. The van der Waals surface area contributed by atoms with Crippen LogP contribution in [-0.2, 0) is 4.74 Å². The Morgan fingerprint density at radius 3 is 3.00 bits per heavy atom. The molecule has 3 nitrogen and oxygen atoms in total. The molecule has 0 spiro atoms. The summed E-state index contributed by atoms with van der Waals surface area (Å²) in [7, 11) is 0. The minimum atomic E-state index is -0.522. The molecule has 1 heterocycles. The number of ether oxygens (including phenoxy) is 1. The van der Waals surface area contributed by atoms with Crippen molar-refractivity contribution in [2.45, 2.75) is 25.5 Å². The molecule has 0 aromatic heterocycles. The third-order valence-corrected chi connectivity index (χ3v) is 3.49. The normalized spacial score (nSPS) is 22.4. The molecule has 0 radical (unpaired) electrons. The SMILES string of the molecule is CCC1CN(CC(N)c2cc(F)ccc2F)CCO1. The first-order chi connectivity index (χ1) is 9.10. The Balaban J connectivity index is 2.00. The summed E-state index contributed by atoms with van der Waals surface area (Å²) in [6.45, 7) is 4.82. The second kappa shape index (κ2) is 6.41. The van der Waals surface area contributed by atoms with Crippen molar-refractivity contribution < 1.29 is 13.5 Å². The summed E-state index contributed by atoms with van der Waals surface area (Å²) < 4.78 is 32.3. The van der Waals surface area contributed by atoms with Crippen LogP contribution < -0.4 is 5.73 Å². The van der Waals surface area contributed by atoms with Gasteiger partial charge in [-0.2, -0.15) is 0 Å². The van der Waals surface area contributed by atoms with Gasteiger partial charge < -0.3 is 10.5 Å². The van der Waals surface area contributed by atoms with Crippen molar-refractivity contribution in [3.63, 3.8) is 0 Å². The highest BCUT2D eigenvalue weighted by atomic mass is 19.1. The molecule has 1 aromatic rings. The summed E-state index contributed by atoms with van der Waals surface area (Å²) in [6, 6.07) is 2.88. The van der Waals surface area contributed by atoms with Crippen LogP contribution in [0.5, 0.6) is 0 Å². The van der Waals surface area contributed by atoms with Crippen LogP contribution in [0.4, 0.5) is 8.78 Å². The predicted molar refractivity (Wildman–Crippen MR) is 69.8 cm³/mol. The van der Waals surface area contributed by atoms with Crippen molar-refractivity contribution in [1.29, 1.82) is 0 Å². The molecule has 1 saturated heterocycles. The van der Waals surface area contributed by atoms with Crippen molar-refractivity contribution in [3.05, 3.63) is 35.4 Å². The van der Waals surface area contributed by atoms with Crippen molar-refractivity contribution >= 4 is 0 Å². The Morgan fingerprint density at radius 1 is 1.47 bits per heavy atom. The first-order valence-electron chi connectivity index (χ1n) is 6.64. The molecule has 2 unspecified atom stereocenters. The van der Waals surface area contributed by atoms with E-state index >= 15 is 0 Å². The van der Waals surface area contributed by atoms with Crippen molar-refractivity contribution in [3.8, 4) is 0 Å². The zero-order chi connectivity index (χ0) is 13.8. The van der Waals surface area contributed by atoms with Crippen LogP contribution in [0.1, 0.15) is 24.9 Å². The van der Waals surface area contributed by atoms with Gasteiger partial charge in [-0.15, -0.1) is 0 Å². The summed E-state index contributed by atoms with van der Waals surface area (Å²) in [5.74, 6) is -0.908. The third-order valence-electron chi connectivity index (χ3n) is 3.49. The fraction of sp³-hybridized carbons (Fsp3) is 0.571. The van der Waals surface area contributed by atoms with Crippen LogP contribution in [0.25, 0.3) is 0 Å². The lowest BCUT2D eigenvalue weighted by molar-refractivity contribution is -0.0312. The highest BCUT2D eigenvalue weighted by molar-refractivity contribution is 5.22. The maximum atomic E-state index is 13.6. The molecule has 2 rings (SSSR count). The van der Waals surface area contributed by atoms with Crippen LogP contribution in [-0.4, -0.2) is 37.2 Å². The Kier molecular flexibility index (Phi) is 4.85. The predicted octanol–water partition coefficient (Wildman–Crippen LogP) is 2.08. The molecule has 0 amide bonds. The molecule has 0 bridgehead atoms. The molecule has 19 heavy (non-hydrogen) atoms. The zero-order valence-electron chi connectivity index (χ0n) is 11.1. The molecular formula is C14H20F2N2O. The average molecular weight is 270 g/mol. The lowest BCUT2D eigenvalue weighted by Crippen LogP contribution is -2.45. The van der Waals surface area contributed by atoms with Crippen molar-refractivity contribution in [1.82, 2.24) is 4.90 Å². The summed E-state index contributed by atoms with van der Waals surface area (Å²) in [5, 5.41) is 0. The summed E-state index contributed by atoms with van der Waals surface area (Å²) in [5.41, 5.74) is 6.23. The van der Waals surface area contributed by atoms with E-state index in [1.807, 2.05) is 0 Å². The minimum absolute atomic E-state index is 0.207. The largest absolute Gasteiger partial charge is 0.376 e. The average Bonchev–Trinajstić information content (AvgIpc) is 2.41. The number of hydrogen-bond donors (Lipinski definition) is 1. The summed E-state index contributed by atoms with van der Waals surface area (Å²) in [6.07, 6.45) is 1.15. The standard InChI is InChI=1S/C14H20F2N2O/c1-2-11-8-18(5-6-19-11)9-14(17)12-7-10(15)3-4-13(12)16/h3-4,7,11,14H,2,5-6,8-9,17H2,1H3. The second-order valence-electron chi connectivity index (χ2n) is 4.93. The number of nitrogens with zero attached hydrogens (tertiary/aromatic N) is 1. The Bertz CT molecular complexity index is 428. The molecule has 0 aliphatic carbocycles. The second-order valence-corrected chi connectivity index (χ2v) is 4.93. The quantitative estimate of drug-likeness (QED) is 0.910. The van der Waals surface area contributed by atoms with E-state index in [2.05, 4.69) is 11.8 Å². The molecule has 106 valence electrons. The van der Waals surface area contributed by atoms with Gasteiger partial charge in [0.25, 0.3) is 0 Å². The van der Waals surface area contributed by atoms with E-state index < -0.39 is 17.7 Å². The number of halogens is 2. The topological polar surface area (TPSA) is 38.5 Å². The molecule has 1 aromatic carbocycles. The van der Waals surface area contributed by atoms with E-state index in [9.17, 15) is 8.78 Å². The number of benzene rings is 1. The zero-order valence-corrected chi connectivity index (χ0v) is 11.1. The van der Waals surface area contributed by atoms with Crippen LogP contribution in [0.3, 0.4) is 0 Å². The van der Waals surface area contributed by atoms with Gasteiger partial charge in [0.1, 0.15) is 11.6 Å². The first kappa shape index (κ1) is 14.4. The van der Waals surface area contributed by atoms with E-state index in [-0.39, 0.29) is 11.7 Å². The minimum Gasteiger partial charge on any atom is -0.376 e. The van der Waals surface area contributed by atoms with E-state index in [0.717, 1.165) is 31.6 Å². The lowest BCUT2D eigenvalue weighted by Gasteiger charge is -2.34. The van der Waals surface area contributed by atoms with Gasteiger partial charge in [0.2, 0.25) is 0 Å². The van der Waals surface area contributed by atoms with E-state index in [1.54, 1.807) is 0 Å². The fourth-order valence-electron chi connectivity index (χ4n) is 2.37. The Morgan fingerprint density at radius 2 is 2.26 bits per heavy atom. The first-order valence-corrected chi connectivity index (χ1v) is 6.64. The monoisotopic (exact) mass is 270 g/mol. The molecule has 0 saturated carbocycles. The van der Waals surface area contributed by atoms with Crippen molar-refractivity contribution in [2.24, 2.45) is 5.73 Å². The number of morpholine rings is 1. The maximum absolute atomic E-state index is 13.6. The van der Waals surface area contributed by atoms with E-state index in [4.69, 9.17) is 10.5 Å². The summed E-state index contributed by atoms with van der Waals surface area (Å²) in [4.78, 5) is 2.15. The Labute approximate surface area is 112 Å². The maximum Gasteiger partial charge on any atom is 0.128 e. The van der Waals surface area contributed by atoms with E-state index in [1.165, 1.54) is 6.07 Å². The van der Waals surface area contributed by atoms with Gasteiger partial charge in [0.15, 0.2) is 0 Å². The third kappa shape index (κ3) is 3.72. The molecule has 1 aliphatic heterocycles. The lowest BCUT2D eigenvalue weighted by atomic mass is 10.1. The van der Waals surface area contributed by atoms with Crippen LogP contribution in [0.15, 0.2) is 18.2 Å². The number of nitrogens with two attached hydrogens (primary N) is 1. The fourth-order valence-corrected chi connectivity index (χ4v) is 2.37.